The van der Waals surface area contributed by atoms with Gasteiger partial charge in [-0.25, -0.2) is 4.98 Å². The van der Waals surface area contributed by atoms with Gasteiger partial charge < -0.3 is 10.2 Å². The van der Waals surface area contributed by atoms with E-state index in [4.69, 9.17) is 10.2 Å². The molecule has 0 saturated carbocycles. The predicted molar refractivity (Wildman–Crippen MR) is 81.4 cm³/mol. The second kappa shape index (κ2) is 4.10. The van der Waals surface area contributed by atoms with Gasteiger partial charge in [0.2, 0.25) is 0 Å². The van der Waals surface area contributed by atoms with Crippen LogP contribution in [0.4, 0.5) is 5.82 Å². The van der Waals surface area contributed by atoms with E-state index in [1.807, 2.05) is 30.3 Å². The Kier molecular flexibility index (Phi) is 2.27. The zero-order chi connectivity index (χ0) is 13.5. The number of aromatic nitrogens is 1. The fourth-order valence-corrected chi connectivity index (χ4v) is 2.48. The molecule has 0 saturated heterocycles. The number of nitrogens with two attached hydrogens (primary N) is 1. The van der Waals surface area contributed by atoms with E-state index in [-0.39, 0.29) is 0 Å². The Labute approximate surface area is 115 Å². The number of nitrogens with zero attached hydrogens (tertiary/aromatic N) is 1. The molecule has 4 rings (SSSR count). The SMILES string of the molecule is Nc1ccc(-c2ccc3c(c2)oc2ccccc23)cn1. The normalized spacial score (nSPS) is 11.2. The topological polar surface area (TPSA) is 52.0 Å². The maximum absolute atomic E-state index is 5.89. The fraction of sp³-hybridized carbons (Fsp3) is 0. The van der Waals surface area contributed by atoms with Crippen LogP contribution in [0.3, 0.4) is 0 Å². The third-order valence-electron chi connectivity index (χ3n) is 3.50. The minimum absolute atomic E-state index is 0.526. The van der Waals surface area contributed by atoms with Crippen LogP contribution in [0.5, 0.6) is 0 Å². The van der Waals surface area contributed by atoms with Crippen molar-refractivity contribution in [1.82, 2.24) is 4.98 Å². The summed E-state index contributed by atoms with van der Waals surface area (Å²) >= 11 is 0. The lowest BCUT2D eigenvalue weighted by Crippen LogP contribution is -1.88. The van der Waals surface area contributed by atoms with Gasteiger partial charge in [0.1, 0.15) is 17.0 Å². The number of hydrogen-bond acceptors (Lipinski definition) is 3. The Morgan fingerprint density at radius 3 is 2.45 bits per heavy atom. The monoisotopic (exact) mass is 260 g/mol. The van der Waals surface area contributed by atoms with E-state index in [1.165, 1.54) is 0 Å². The van der Waals surface area contributed by atoms with Crippen LogP contribution in [0, 0.1) is 0 Å². The summed E-state index contributed by atoms with van der Waals surface area (Å²) in [5, 5.41) is 2.28. The van der Waals surface area contributed by atoms with Gasteiger partial charge in [0, 0.05) is 22.5 Å². The Morgan fingerprint density at radius 2 is 1.60 bits per heavy atom. The molecule has 0 aliphatic heterocycles. The van der Waals surface area contributed by atoms with Crippen molar-refractivity contribution in [2.75, 3.05) is 5.73 Å². The first-order chi connectivity index (χ1) is 9.81. The number of anilines is 1. The van der Waals surface area contributed by atoms with Gasteiger partial charge in [-0.2, -0.15) is 0 Å². The van der Waals surface area contributed by atoms with Crippen molar-refractivity contribution in [2.45, 2.75) is 0 Å². The fourth-order valence-electron chi connectivity index (χ4n) is 2.48. The number of furan rings is 1. The molecule has 0 fully saturated rings. The number of nitrogen functional groups attached to an aromatic ring is 1. The highest BCUT2D eigenvalue weighted by Gasteiger charge is 2.07. The summed E-state index contributed by atoms with van der Waals surface area (Å²) in [4.78, 5) is 4.13. The van der Waals surface area contributed by atoms with Gasteiger partial charge in [-0.15, -0.1) is 0 Å². The molecule has 3 nitrogen and oxygen atoms in total. The molecule has 2 N–H and O–H groups in total. The molecule has 0 unspecified atom stereocenters. The molecule has 3 heteroatoms. The highest BCUT2D eigenvalue weighted by Crippen LogP contribution is 2.31. The van der Waals surface area contributed by atoms with E-state index in [1.54, 1.807) is 12.3 Å². The summed E-state index contributed by atoms with van der Waals surface area (Å²) in [5.74, 6) is 0.526. The quantitative estimate of drug-likeness (QED) is 0.557. The average molecular weight is 260 g/mol. The summed E-state index contributed by atoms with van der Waals surface area (Å²) in [5.41, 5.74) is 9.52. The van der Waals surface area contributed by atoms with Gasteiger partial charge in [-0.05, 0) is 35.9 Å². The van der Waals surface area contributed by atoms with Gasteiger partial charge in [-0.1, -0.05) is 24.3 Å². The molecule has 0 atom stereocenters. The summed E-state index contributed by atoms with van der Waals surface area (Å²) in [6.45, 7) is 0. The Hall–Kier alpha value is -2.81. The van der Waals surface area contributed by atoms with E-state index < -0.39 is 0 Å². The second-order valence-corrected chi connectivity index (χ2v) is 4.78. The molecule has 0 radical (unpaired) electrons. The van der Waals surface area contributed by atoms with Crippen LogP contribution < -0.4 is 5.73 Å². The van der Waals surface area contributed by atoms with Crippen molar-refractivity contribution in [3.8, 4) is 11.1 Å². The van der Waals surface area contributed by atoms with Gasteiger partial charge in [0.05, 0.1) is 0 Å². The molecule has 2 aromatic heterocycles. The van der Waals surface area contributed by atoms with E-state index in [2.05, 4.69) is 23.2 Å². The molecule has 96 valence electrons. The number of benzene rings is 2. The summed E-state index contributed by atoms with van der Waals surface area (Å²) in [7, 11) is 0. The molecule has 2 heterocycles. The first-order valence-corrected chi connectivity index (χ1v) is 6.44. The lowest BCUT2D eigenvalue weighted by molar-refractivity contribution is 0.669. The third-order valence-corrected chi connectivity index (χ3v) is 3.50. The minimum Gasteiger partial charge on any atom is -0.456 e. The molecule has 0 bridgehead atoms. The highest BCUT2D eigenvalue weighted by molar-refractivity contribution is 6.05. The maximum Gasteiger partial charge on any atom is 0.136 e. The zero-order valence-electron chi connectivity index (χ0n) is 10.7. The van der Waals surface area contributed by atoms with Crippen LogP contribution in [0.25, 0.3) is 33.1 Å². The van der Waals surface area contributed by atoms with Gasteiger partial charge in [0.25, 0.3) is 0 Å². The van der Waals surface area contributed by atoms with Crippen molar-refractivity contribution in [3.05, 3.63) is 60.8 Å². The molecular formula is C17H12N2O. The Bertz CT molecular complexity index is 907. The number of rotatable bonds is 1. The van der Waals surface area contributed by atoms with Gasteiger partial charge in [0.15, 0.2) is 0 Å². The largest absolute Gasteiger partial charge is 0.456 e. The van der Waals surface area contributed by atoms with E-state index in [0.717, 1.165) is 33.1 Å². The van der Waals surface area contributed by atoms with Crippen molar-refractivity contribution in [1.29, 1.82) is 0 Å². The summed E-state index contributed by atoms with van der Waals surface area (Å²) < 4.78 is 5.89. The number of pyridine rings is 1. The van der Waals surface area contributed by atoms with E-state index in [9.17, 15) is 0 Å². The van der Waals surface area contributed by atoms with Crippen LogP contribution >= 0.6 is 0 Å². The van der Waals surface area contributed by atoms with E-state index in [0.29, 0.717) is 5.82 Å². The minimum atomic E-state index is 0.526. The molecule has 0 spiro atoms. The average Bonchev–Trinajstić information content (AvgIpc) is 2.85. The first kappa shape index (κ1) is 11.1. The van der Waals surface area contributed by atoms with Gasteiger partial charge >= 0.3 is 0 Å². The third kappa shape index (κ3) is 1.64. The molecule has 0 amide bonds. The molecule has 0 aliphatic rings. The number of para-hydroxylation sites is 1. The Balaban J connectivity index is 1.94. The molecule has 4 aromatic rings. The highest BCUT2D eigenvalue weighted by atomic mass is 16.3. The summed E-state index contributed by atoms with van der Waals surface area (Å²) in [6.07, 6.45) is 1.78. The predicted octanol–water partition coefficient (Wildman–Crippen LogP) is 4.23. The van der Waals surface area contributed by atoms with Crippen LogP contribution in [-0.4, -0.2) is 4.98 Å². The smallest absolute Gasteiger partial charge is 0.136 e. The molecule has 2 aromatic carbocycles. The second-order valence-electron chi connectivity index (χ2n) is 4.78. The van der Waals surface area contributed by atoms with Crippen LogP contribution in [0.2, 0.25) is 0 Å². The van der Waals surface area contributed by atoms with Crippen LogP contribution in [0.1, 0.15) is 0 Å². The lowest BCUT2D eigenvalue weighted by Gasteiger charge is -2.01. The number of hydrogen-bond donors (Lipinski definition) is 1. The van der Waals surface area contributed by atoms with Gasteiger partial charge in [-0.3, -0.25) is 0 Å². The zero-order valence-corrected chi connectivity index (χ0v) is 10.7. The molecule has 0 aliphatic carbocycles. The van der Waals surface area contributed by atoms with Crippen molar-refractivity contribution >= 4 is 27.8 Å². The maximum atomic E-state index is 5.89. The summed E-state index contributed by atoms with van der Waals surface area (Å²) in [6, 6.07) is 18.0. The van der Waals surface area contributed by atoms with Crippen molar-refractivity contribution < 1.29 is 4.42 Å². The standard InChI is InChI=1S/C17H12N2O/c18-17-8-6-12(10-19-17)11-5-7-14-13-3-1-2-4-15(13)20-16(14)9-11/h1-10H,(H2,18,19). The first-order valence-electron chi connectivity index (χ1n) is 6.44. The molecule has 20 heavy (non-hydrogen) atoms. The van der Waals surface area contributed by atoms with Crippen molar-refractivity contribution in [3.63, 3.8) is 0 Å². The molecular weight excluding hydrogens is 248 g/mol. The van der Waals surface area contributed by atoms with Crippen molar-refractivity contribution in [2.24, 2.45) is 0 Å². The van der Waals surface area contributed by atoms with Crippen LogP contribution in [-0.2, 0) is 0 Å². The lowest BCUT2D eigenvalue weighted by atomic mass is 10.1. The Morgan fingerprint density at radius 1 is 0.800 bits per heavy atom. The number of fused-ring (bicyclic) bond motifs is 3. The van der Waals surface area contributed by atoms with Crippen LogP contribution in [0.15, 0.2) is 65.2 Å². The van der Waals surface area contributed by atoms with E-state index >= 15 is 0 Å².